The van der Waals surface area contributed by atoms with Crippen molar-refractivity contribution in [2.24, 2.45) is 0 Å². The van der Waals surface area contributed by atoms with Crippen LogP contribution >= 0.6 is 0 Å². The molecule has 0 radical (unpaired) electrons. The molecule has 0 unspecified atom stereocenters. The first-order valence-electron chi connectivity index (χ1n) is 6.77. The van der Waals surface area contributed by atoms with Crippen LogP contribution < -0.4 is 5.32 Å². The van der Waals surface area contributed by atoms with Gasteiger partial charge in [0.15, 0.2) is 0 Å². The number of benzene rings is 2. The molecule has 2 aromatic carbocycles. The van der Waals surface area contributed by atoms with E-state index in [1.54, 1.807) is 6.07 Å². The molecular weight excluding hydrogens is 237 g/mol. The van der Waals surface area contributed by atoms with E-state index in [0.29, 0.717) is 0 Å². The molecule has 1 N–H and O–H groups in total. The molecule has 0 aliphatic heterocycles. The molecule has 0 aromatic heterocycles. The highest BCUT2D eigenvalue weighted by Gasteiger charge is 2.03. The smallest absolute Gasteiger partial charge is 0.123 e. The van der Waals surface area contributed by atoms with E-state index >= 15 is 0 Å². The molecule has 2 aromatic rings. The average Bonchev–Trinajstić information content (AvgIpc) is 2.43. The fourth-order valence-corrected chi connectivity index (χ4v) is 2.12. The molecule has 0 atom stereocenters. The lowest BCUT2D eigenvalue weighted by Gasteiger charge is -2.08. The van der Waals surface area contributed by atoms with Gasteiger partial charge < -0.3 is 5.32 Å². The number of hydrogen-bond acceptors (Lipinski definition) is 1. The van der Waals surface area contributed by atoms with Gasteiger partial charge in [-0.05, 0) is 54.3 Å². The zero-order chi connectivity index (χ0) is 13.7. The predicted molar refractivity (Wildman–Crippen MR) is 78.6 cm³/mol. The van der Waals surface area contributed by atoms with Crippen molar-refractivity contribution in [3.05, 3.63) is 59.4 Å². The molecule has 19 heavy (non-hydrogen) atoms. The Kier molecular flexibility index (Phi) is 4.69. The highest BCUT2D eigenvalue weighted by Crippen LogP contribution is 2.24. The van der Waals surface area contributed by atoms with Gasteiger partial charge in [0.25, 0.3) is 0 Å². The summed E-state index contributed by atoms with van der Waals surface area (Å²) in [6.45, 7) is 6.08. The van der Waals surface area contributed by atoms with Crippen LogP contribution in [0.15, 0.2) is 42.5 Å². The van der Waals surface area contributed by atoms with E-state index in [0.717, 1.165) is 36.2 Å². The van der Waals surface area contributed by atoms with Crippen LogP contribution in [0, 0.1) is 12.7 Å². The fourth-order valence-electron chi connectivity index (χ4n) is 2.12. The molecule has 2 rings (SSSR count). The Hall–Kier alpha value is -1.67. The summed E-state index contributed by atoms with van der Waals surface area (Å²) in [4.78, 5) is 0. The van der Waals surface area contributed by atoms with Crippen molar-refractivity contribution in [2.45, 2.75) is 26.8 Å². The Morgan fingerprint density at radius 2 is 1.79 bits per heavy atom. The summed E-state index contributed by atoms with van der Waals surface area (Å²) in [5.41, 5.74) is 4.38. The largest absolute Gasteiger partial charge is 0.313 e. The highest BCUT2D eigenvalue weighted by molar-refractivity contribution is 5.67. The number of nitrogens with one attached hydrogen (secondary N) is 1. The average molecular weight is 257 g/mol. The van der Waals surface area contributed by atoms with E-state index in [1.165, 1.54) is 11.6 Å². The second-order valence-electron chi connectivity index (χ2n) is 4.83. The maximum absolute atomic E-state index is 13.3. The third kappa shape index (κ3) is 3.65. The van der Waals surface area contributed by atoms with Gasteiger partial charge in [-0.25, -0.2) is 4.39 Å². The van der Waals surface area contributed by atoms with Crippen molar-refractivity contribution in [1.29, 1.82) is 0 Å². The number of aryl methyl sites for hydroxylation is 1. The van der Waals surface area contributed by atoms with Gasteiger partial charge in [0.1, 0.15) is 5.82 Å². The molecule has 0 amide bonds. The summed E-state index contributed by atoms with van der Waals surface area (Å²) < 4.78 is 13.3. The van der Waals surface area contributed by atoms with Gasteiger partial charge in [0, 0.05) is 6.54 Å². The van der Waals surface area contributed by atoms with E-state index in [-0.39, 0.29) is 5.82 Å². The molecular formula is C17H20FN. The van der Waals surface area contributed by atoms with Crippen LogP contribution in [-0.4, -0.2) is 6.54 Å². The van der Waals surface area contributed by atoms with Gasteiger partial charge in [-0.1, -0.05) is 37.3 Å². The summed E-state index contributed by atoms with van der Waals surface area (Å²) in [6.07, 6.45) is 1.14. The normalized spacial score (nSPS) is 10.7. The van der Waals surface area contributed by atoms with Gasteiger partial charge in [-0.15, -0.1) is 0 Å². The van der Waals surface area contributed by atoms with E-state index < -0.39 is 0 Å². The quantitative estimate of drug-likeness (QED) is 0.787. The molecule has 0 aliphatic rings. The zero-order valence-corrected chi connectivity index (χ0v) is 11.5. The summed E-state index contributed by atoms with van der Waals surface area (Å²) in [5, 5.41) is 3.37. The molecule has 0 spiro atoms. The minimum Gasteiger partial charge on any atom is -0.313 e. The number of halogens is 1. The fraction of sp³-hybridized carbons (Fsp3) is 0.294. The first-order valence-corrected chi connectivity index (χ1v) is 6.77. The van der Waals surface area contributed by atoms with Crippen molar-refractivity contribution in [2.75, 3.05) is 6.54 Å². The van der Waals surface area contributed by atoms with Crippen molar-refractivity contribution < 1.29 is 4.39 Å². The van der Waals surface area contributed by atoms with Gasteiger partial charge in [-0.3, -0.25) is 0 Å². The van der Waals surface area contributed by atoms with Crippen molar-refractivity contribution in [3.63, 3.8) is 0 Å². The van der Waals surface area contributed by atoms with Crippen molar-refractivity contribution in [3.8, 4) is 11.1 Å². The third-order valence-corrected chi connectivity index (χ3v) is 3.22. The molecule has 0 saturated carbocycles. The summed E-state index contributed by atoms with van der Waals surface area (Å²) in [6, 6.07) is 13.2. The Morgan fingerprint density at radius 3 is 2.47 bits per heavy atom. The second-order valence-corrected chi connectivity index (χ2v) is 4.83. The molecule has 100 valence electrons. The van der Waals surface area contributed by atoms with Crippen molar-refractivity contribution >= 4 is 0 Å². The minimum atomic E-state index is -0.186. The second kappa shape index (κ2) is 6.48. The standard InChI is InChI=1S/C17H20FN/c1-3-10-19-12-14-5-7-15(8-6-14)17-11-16(18)9-4-13(17)2/h4-9,11,19H,3,10,12H2,1-2H3. The Balaban J connectivity index is 2.15. The summed E-state index contributed by atoms with van der Waals surface area (Å²) in [5.74, 6) is -0.186. The van der Waals surface area contributed by atoms with E-state index in [1.807, 2.05) is 13.0 Å². The minimum absolute atomic E-state index is 0.186. The monoisotopic (exact) mass is 257 g/mol. The van der Waals surface area contributed by atoms with Gasteiger partial charge >= 0.3 is 0 Å². The Morgan fingerprint density at radius 1 is 1.05 bits per heavy atom. The zero-order valence-electron chi connectivity index (χ0n) is 11.5. The molecule has 0 bridgehead atoms. The highest BCUT2D eigenvalue weighted by atomic mass is 19.1. The van der Waals surface area contributed by atoms with E-state index in [9.17, 15) is 4.39 Å². The maximum Gasteiger partial charge on any atom is 0.123 e. The molecule has 1 nitrogen and oxygen atoms in total. The molecule has 0 heterocycles. The topological polar surface area (TPSA) is 12.0 Å². The summed E-state index contributed by atoms with van der Waals surface area (Å²) >= 11 is 0. The SMILES string of the molecule is CCCNCc1ccc(-c2cc(F)ccc2C)cc1. The van der Waals surface area contributed by atoms with Crippen LogP contribution in [0.4, 0.5) is 4.39 Å². The molecule has 0 aliphatic carbocycles. The molecule has 0 fully saturated rings. The van der Waals surface area contributed by atoms with Crippen LogP contribution in [-0.2, 0) is 6.54 Å². The van der Waals surface area contributed by atoms with Crippen LogP contribution in [0.3, 0.4) is 0 Å². The Labute approximate surface area is 114 Å². The van der Waals surface area contributed by atoms with Crippen LogP contribution in [0.5, 0.6) is 0 Å². The van der Waals surface area contributed by atoms with Crippen LogP contribution in [0.2, 0.25) is 0 Å². The van der Waals surface area contributed by atoms with E-state index in [4.69, 9.17) is 0 Å². The van der Waals surface area contributed by atoms with Gasteiger partial charge in [0.05, 0.1) is 0 Å². The van der Waals surface area contributed by atoms with Gasteiger partial charge in [0.2, 0.25) is 0 Å². The lowest BCUT2D eigenvalue weighted by atomic mass is 9.99. The number of rotatable bonds is 5. The molecule has 2 heteroatoms. The van der Waals surface area contributed by atoms with Crippen molar-refractivity contribution in [1.82, 2.24) is 5.32 Å². The first-order chi connectivity index (χ1) is 9.20. The first kappa shape index (κ1) is 13.8. The van der Waals surface area contributed by atoms with E-state index in [2.05, 4.69) is 36.5 Å². The third-order valence-electron chi connectivity index (χ3n) is 3.22. The summed E-state index contributed by atoms with van der Waals surface area (Å²) in [7, 11) is 0. The predicted octanol–water partition coefficient (Wildman–Crippen LogP) is 4.30. The lowest BCUT2D eigenvalue weighted by Crippen LogP contribution is -2.13. The molecule has 0 saturated heterocycles. The van der Waals surface area contributed by atoms with Crippen LogP contribution in [0.1, 0.15) is 24.5 Å². The van der Waals surface area contributed by atoms with Crippen LogP contribution in [0.25, 0.3) is 11.1 Å². The lowest BCUT2D eigenvalue weighted by molar-refractivity contribution is 0.628. The maximum atomic E-state index is 13.3. The van der Waals surface area contributed by atoms with Gasteiger partial charge in [-0.2, -0.15) is 0 Å². The number of hydrogen-bond donors (Lipinski definition) is 1. The Bertz CT molecular complexity index is 531.